The van der Waals surface area contributed by atoms with Crippen molar-refractivity contribution in [2.24, 2.45) is 5.92 Å². The van der Waals surface area contributed by atoms with Gasteiger partial charge >= 0.3 is 23.9 Å². The average Bonchev–Trinajstić information content (AvgIpc) is 2.73. The monoisotopic (exact) mass is 352 g/mol. The smallest absolute Gasteiger partial charge is 0.334 e. The second-order valence-corrected chi connectivity index (χ2v) is 6.83. The van der Waals surface area contributed by atoms with E-state index in [1.54, 1.807) is 13.8 Å². The Morgan fingerprint density at radius 2 is 1.76 bits per heavy atom. The first-order valence-electron chi connectivity index (χ1n) is 8.51. The van der Waals surface area contributed by atoms with E-state index in [0.29, 0.717) is 10.8 Å². The normalized spacial score (nSPS) is 24.1. The fraction of sp³-hybridized carbons (Fsp3) is 0.688. The van der Waals surface area contributed by atoms with Gasteiger partial charge in [0, 0.05) is 12.1 Å². The van der Waals surface area contributed by atoms with Crippen LogP contribution < -0.4 is 10.6 Å². The highest BCUT2D eigenvalue weighted by molar-refractivity contribution is 6.45. The molecule has 0 radical (unpaired) electrons. The summed E-state index contributed by atoms with van der Waals surface area (Å²) < 4.78 is 0. The van der Waals surface area contributed by atoms with Gasteiger partial charge in [0.1, 0.15) is 6.54 Å². The quantitative estimate of drug-likeness (QED) is 0.567. The lowest BCUT2D eigenvalue weighted by Gasteiger charge is -2.29. The summed E-state index contributed by atoms with van der Waals surface area (Å²) in [5, 5.41) is 4.86. The molecule has 2 rings (SSSR count). The first kappa shape index (κ1) is 18.9. The molecule has 1 heterocycles. The summed E-state index contributed by atoms with van der Waals surface area (Å²) in [6, 6.07) is -2.00. The van der Waals surface area contributed by atoms with Crippen molar-refractivity contribution < 1.29 is 24.0 Å². The average molecular weight is 352 g/mol. The third-order valence-electron chi connectivity index (χ3n) is 4.58. The summed E-state index contributed by atoms with van der Waals surface area (Å²) in [6.07, 6.45) is 4.01. The summed E-state index contributed by atoms with van der Waals surface area (Å²) in [7, 11) is 0. The molecule has 1 aliphatic carbocycles. The van der Waals surface area contributed by atoms with Gasteiger partial charge in [0.15, 0.2) is 0 Å². The van der Waals surface area contributed by atoms with Crippen LogP contribution in [0.4, 0.5) is 9.59 Å². The molecule has 1 aliphatic heterocycles. The van der Waals surface area contributed by atoms with Crippen LogP contribution >= 0.6 is 0 Å². The van der Waals surface area contributed by atoms with Crippen molar-refractivity contribution in [3.63, 3.8) is 0 Å². The van der Waals surface area contributed by atoms with Gasteiger partial charge in [0.25, 0.3) is 0 Å². The van der Waals surface area contributed by atoms with Gasteiger partial charge in [0.2, 0.25) is 5.91 Å². The van der Waals surface area contributed by atoms with Gasteiger partial charge < -0.3 is 5.32 Å². The lowest BCUT2D eigenvalue weighted by atomic mass is 9.86. The van der Waals surface area contributed by atoms with Gasteiger partial charge in [-0.25, -0.2) is 14.5 Å². The highest BCUT2D eigenvalue weighted by Crippen LogP contribution is 2.23. The highest BCUT2D eigenvalue weighted by Gasteiger charge is 2.46. The first-order chi connectivity index (χ1) is 11.7. The van der Waals surface area contributed by atoms with Gasteiger partial charge in [-0.3, -0.25) is 24.6 Å². The third-order valence-corrected chi connectivity index (χ3v) is 4.58. The zero-order chi connectivity index (χ0) is 18.7. The minimum atomic E-state index is -1.06. The van der Waals surface area contributed by atoms with Gasteiger partial charge in [-0.15, -0.1) is 0 Å². The maximum Gasteiger partial charge on any atom is 0.334 e. The van der Waals surface area contributed by atoms with E-state index in [-0.39, 0.29) is 6.04 Å². The Bertz CT molecular complexity index is 603. The van der Waals surface area contributed by atoms with E-state index in [2.05, 4.69) is 10.6 Å². The fourth-order valence-electron chi connectivity index (χ4n) is 3.16. The minimum Gasteiger partial charge on any atom is -0.335 e. The van der Waals surface area contributed by atoms with Crippen molar-refractivity contribution in [2.75, 3.05) is 6.54 Å². The van der Waals surface area contributed by atoms with Crippen LogP contribution in [0.3, 0.4) is 0 Å². The van der Waals surface area contributed by atoms with Gasteiger partial charge in [-0.2, -0.15) is 0 Å². The predicted octanol–water partition coefficient (Wildman–Crippen LogP) is 0.590. The van der Waals surface area contributed by atoms with Crippen LogP contribution in [-0.4, -0.2) is 58.2 Å². The summed E-state index contributed by atoms with van der Waals surface area (Å²) in [5.41, 5.74) is 0. The number of carbonyl (C=O) groups is 5. The number of urea groups is 2. The largest absolute Gasteiger partial charge is 0.335 e. The van der Waals surface area contributed by atoms with Crippen LogP contribution in [0, 0.1) is 5.92 Å². The maximum atomic E-state index is 12.1. The van der Waals surface area contributed by atoms with Crippen LogP contribution in [0.2, 0.25) is 0 Å². The summed E-state index contributed by atoms with van der Waals surface area (Å²) in [6.45, 7) is 4.55. The maximum absolute atomic E-state index is 12.1. The van der Waals surface area contributed by atoms with Crippen molar-refractivity contribution in [2.45, 2.75) is 58.5 Å². The third kappa shape index (κ3) is 4.15. The second kappa shape index (κ2) is 7.62. The Morgan fingerprint density at radius 3 is 2.32 bits per heavy atom. The Balaban J connectivity index is 1.89. The molecule has 0 aromatic heterocycles. The van der Waals surface area contributed by atoms with E-state index < -0.39 is 42.4 Å². The van der Waals surface area contributed by atoms with Crippen LogP contribution in [0.25, 0.3) is 0 Å². The molecule has 0 spiro atoms. The Morgan fingerprint density at radius 1 is 1.12 bits per heavy atom. The molecule has 0 aromatic rings. The number of hydrogen-bond acceptors (Lipinski definition) is 5. The van der Waals surface area contributed by atoms with E-state index in [1.807, 2.05) is 6.92 Å². The fourth-order valence-corrected chi connectivity index (χ4v) is 3.16. The molecule has 9 nitrogen and oxygen atoms in total. The van der Waals surface area contributed by atoms with E-state index in [1.165, 1.54) is 0 Å². The molecule has 138 valence electrons. The molecule has 25 heavy (non-hydrogen) atoms. The lowest BCUT2D eigenvalue weighted by Crippen LogP contribution is -2.50. The van der Waals surface area contributed by atoms with Crippen molar-refractivity contribution in [1.29, 1.82) is 0 Å². The highest BCUT2D eigenvalue weighted by atomic mass is 16.2. The molecular formula is C16H24N4O5. The number of nitrogens with zero attached hydrogens (tertiary/aromatic N) is 2. The summed E-state index contributed by atoms with van der Waals surface area (Å²) in [4.78, 5) is 60.9. The van der Waals surface area contributed by atoms with E-state index in [9.17, 15) is 24.0 Å². The standard InChI is InChI=1S/C16H24N4O5/c1-9(2)20-14(23)13(22)19(16(20)25)8-12(21)18-15(24)17-11-7-5-4-6-10(11)3/h9-11H,4-8H2,1-3H3,(H2,17,18,21,24)/t10-,11-/m1/s1. The Labute approximate surface area is 146 Å². The number of rotatable bonds is 4. The SMILES string of the molecule is CC(C)N1C(=O)C(=O)N(CC(=O)NC(=O)N[C@@H]2CCCC[C@H]2C)C1=O. The zero-order valence-electron chi connectivity index (χ0n) is 14.7. The van der Waals surface area contributed by atoms with Crippen LogP contribution in [0.5, 0.6) is 0 Å². The summed E-state index contributed by atoms with van der Waals surface area (Å²) >= 11 is 0. The van der Waals surface area contributed by atoms with Crippen molar-refractivity contribution in [3.05, 3.63) is 0 Å². The number of carbonyl (C=O) groups excluding carboxylic acids is 5. The molecule has 0 unspecified atom stereocenters. The molecule has 0 bridgehead atoms. The van der Waals surface area contributed by atoms with Crippen molar-refractivity contribution in [1.82, 2.24) is 20.4 Å². The molecule has 0 aromatic carbocycles. The molecule has 2 N–H and O–H groups in total. The van der Waals surface area contributed by atoms with Gasteiger partial charge in [0.05, 0.1) is 0 Å². The van der Waals surface area contributed by atoms with E-state index in [4.69, 9.17) is 0 Å². The first-order valence-corrected chi connectivity index (χ1v) is 8.51. The van der Waals surface area contributed by atoms with Crippen molar-refractivity contribution in [3.8, 4) is 0 Å². The topological polar surface area (TPSA) is 116 Å². The molecular weight excluding hydrogens is 328 g/mol. The number of imide groups is 3. The van der Waals surface area contributed by atoms with Crippen LogP contribution in [0.15, 0.2) is 0 Å². The molecule has 2 aliphatic rings. The van der Waals surface area contributed by atoms with Crippen LogP contribution in [0.1, 0.15) is 46.5 Å². The number of hydrogen-bond donors (Lipinski definition) is 2. The van der Waals surface area contributed by atoms with E-state index >= 15 is 0 Å². The second-order valence-electron chi connectivity index (χ2n) is 6.83. The number of nitrogens with one attached hydrogen (secondary N) is 2. The molecule has 1 saturated carbocycles. The summed E-state index contributed by atoms with van der Waals surface area (Å²) in [5.74, 6) is -2.52. The van der Waals surface area contributed by atoms with Gasteiger partial charge in [-0.1, -0.05) is 19.8 Å². The predicted molar refractivity (Wildman–Crippen MR) is 87.2 cm³/mol. The Kier molecular flexibility index (Phi) is 5.76. The molecule has 7 amide bonds. The lowest BCUT2D eigenvalue weighted by molar-refractivity contribution is -0.144. The molecule has 2 fully saturated rings. The number of amides is 7. The molecule has 2 atom stereocenters. The van der Waals surface area contributed by atoms with E-state index in [0.717, 1.165) is 30.6 Å². The minimum absolute atomic E-state index is 0.00499. The van der Waals surface area contributed by atoms with Crippen molar-refractivity contribution >= 4 is 29.8 Å². The van der Waals surface area contributed by atoms with Gasteiger partial charge in [-0.05, 0) is 32.6 Å². The molecule has 1 saturated heterocycles. The van der Waals surface area contributed by atoms with Crippen LogP contribution in [-0.2, 0) is 14.4 Å². The molecule has 9 heteroatoms. The zero-order valence-corrected chi connectivity index (χ0v) is 14.7. The Hall–Kier alpha value is -2.45.